The molecule has 4 aliphatic carbocycles. The molecule has 5 aliphatic rings. The van der Waals surface area contributed by atoms with Crippen LogP contribution in [0.5, 0.6) is 0 Å². The number of fused-ring (bicyclic) bond motifs is 8. The number of hydrogen-bond donors (Lipinski definition) is 0. The molecule has 5 nitrogen and oxygen atoms in total. The molecule has 278 valence electrons. The molecule has 3 saturated carbocycles. The maximum absolute atomic E-state index is 7.67. The van der Waals surface area contributed by atoms with Gasteiger partial charge in [0.05, 0.1) is 30.5 Å². The van der Waals surface area contributed by atoms with Gasteiger partial charge in [-0.2, -0.15) is 0 Å². The second-order valence-electron chi connectivity index (χ2n) is 22.3. The summed E-state index contributed by atoms with van der Waals surface area (Å²) in [5, 5.41) is 0.428. The van der Waals surface area contributed by atoms with E-state index in [4.69, 9.17) is 22.8 Å². The molecule has 10 atom stereocenters. The molecule has 0 N–H and O–H groups in total. The zero-order chi connectivity index (χ0) is 36.5. The fourth-order valence-corrected chi connectivity index (χ4v) is 13.7. The van der Waals surface area contributed by atoms with Gasteiger partial charge in [0, 0.05) is 11.8 Å². The van der Waals surface area contributed by atoms with Gasteiger partial charge in [-0.25, -0.2) is 0 Å². The van der Waals surface area contributed by atoms with Crippen molar-refractivity contribution in [3.63, 3.8) is 0 Å². The van der Waals surface area contributed by atoms with Crippen LogP contribution in [0.1, 0.15) is 122 Å². The molecule has 0 aromatic rings. The molecule has 4 unspecified atom stereocenters. The number of hydrogen-bond acceptors (Lipinski definition) is 5. The van der Waals surface area contributed by atoms with Crippen LogP contribution in [0.15, 0.2) is 11.6 Å². The highest BCUT2D eigenvalue weighted by Crippen LogP contribution is 2.68. The lowest BCUT2D eigenvalue weighted by atomic mass is 9.47. The lowest BCUT2D eigenvalue weighted by molar-refractivity contribution is -0.171. The van der Waals surface area contributed by atoms with E-state index in [1.54, 1.807) is 5.57 Å². The summed E-state index contributed by atoms with van der Waals surface area (Å²) >= 11 is 0. The van der Waals surface area contributed by atoms with Crippen LogP contribution in [0.25, 0.3) is 0 Å². The molecule has 0 bridgehead atoms. The van der Waals surface area contributed by atoms with Gasteiger partial charge in [-0.3, -0.25) is 0 Å². The van der Waals surface area contributed by atoms with Gasteiger partial charge in [-0.05, 0) is 117 Å². The Balaban J connectivity index is 1.61. The third kappa shape index (κ3) is 6.42. The van der Waals surface area contributed by atoms with Crippen LogP contribution in [0, 0.1) is 28.6 Å². The van der Waals surface area contributed by atoms with Gasteiger partial charge in [-0.1, -0.05) is 87.8 Å². The van der Waals surface area contributed by atoms with Crippen LogP contribution >= 0.6 is 0 Å². The van der Waals surface area contributed by atoms with Crippen LogP contribution in [0.4, 0.5) is 0 Å². The summed E-state index contributed by atoms with van der Waals surface area (Å²) < 4.78 is 36.7. The minimum atomic E-state index is -2.16. The van der Waals surface area contributed by atoms with Crippen molar-refractivity contribution in [1.82, 2.24) is 0 Å². The molecule has 0 amide bonds. The predicted octanol–water partition coefficient (Wildman–Crippen LogP) is 11.5. The first-order valence-corrected chi connectivity index (χ1v) is 28.2. The molecular weight excluding hydrogens is 645 g/mol. The highest BCUT2D eigenvalue weighted by atomic mass is 28.4. The van der Waals surface area contributed by atoms with Crippen molar-refractivity contribution in [3.05, 3.63) is 11.6 Å². The van der Waals surface area contributed by atoms with E-state index in [-0.39, 0.29) is 56.3 Å². The number of allylic oxidation sites excluding steroid dienone is 1. The van der Waals surface area contributed by atoms with Gasteiger partial charge < -0.3 is 22.8 Å². The van der Waals surface area contributed by atoms with Crippen LogP contribution in [-0.4, -0.2) is 61.3 Å². The van der Waals surface area contributed by atoms with E-state index >= 15 is 0 Å². The molecule has 4 fully saturated rings. The monoisotopic (exact) mass is 721 g/mol. The normalized spacial score (nSPS) is 40.5. The molecule has 1 aliphatic heterocycles. The van der Waals surface area contributed by atoms with Crippen LogP contribution in [0.2, 0.25) is 54.4 Å². The quantitative estimate of drug-likeness (QED) is 0.202. The summed E-state index contributed by atoms with van der Waals surface area (Å²) in [6.07, 6.45) is 8.56. The summed E-state index contributed by atoms with van der Waals surface area (Å²) in [7, 11) is -6.14. The van der Waals surface area contributed by atoms with Gasteiger partial charge >= 0.3 is 0 Å². The minimum absolute atomic E-state index is 0.0118. The van der Waals surface area contributed by atoms with E-state index in [0.29, 0.717) is 17.9 Å². The van der Waals surface area contributed by atoms with Gasteiger partial charge in [0.1, 0.15) is 0 Å². The molecule has 0 radical (unpaired) electrons. The van der Waals surface area contributed by atoms with E-state index in [1.807, 2.05) is 0 Å². The Morgan fingerprint density at radius 3 is 1.71 bits per heavy atom. The molecule has 0 aromatic carbocycles. The summed E-state index contributed by atoms with van der Waals surface area (Å²) in [6.45, 7) is 45.3. The van der Waals surface area contributed by atoms with Crippen molar-refractivity contribution in [1.29, 1.82) is 0 Å². The van der Waals surface area contributed by atoms with Crippen molar-refractivity contribution in [3.8, 4) is 0 Å². The van der Waals surface area contributed by atoms with E-state index in [1.165, 1.54) is 6.42 Å². The van der Waals surface area contributed by atoms with Crippen molar-refractivity contribution < 1.29 is 22.8 Å². The molecule has 1 saturated heterocycles. The van der Waals surface area contributed by atoms with Crippen molar-refractivity contribution in [2.45, 2.75) is 213 Å². The van der Waals surface area contributed by atoms with E-state index in [0.717, 1.165) is 25.7 Å². The Kier molecular flexibility index (Phi) is 9.72. The zero-order valence-electron chi connectivity index (χ0n) is 34.8. The first kappa shape index (κ1) is 39.4. The SMILES string of the molecule is CC1(C)O[C@@H]2C3C(=CC[C@@]4(C)C3CC[C@@H]4O[Si](C)(C)C(C)(C)C)[C@@]3(C)CC[C@@H](O[Si](C)(C)C(C)(C)C)C(O[Si](C)(C)C(C)(C)C)C3[C@H]2O1. The summed E-state index contributed by atoms with van der Waals surface area (Å²) in [6, 6.07) is 0. The molecule has 0 aromatic heterocycles. The molecule has 0 spiro atoms. The number of rotatable bonds is 6. The second-order valence-corrected chi connectivity index (χ2v) is 36.5. The van der Waals surface area contributed by atoms with Gasteiger partial charge in [-0.15, -0.1) is 0 Å². The smallest absolute Gasteiger partial charge is 0.192 e. The Bertz CT molecular complexity index is 1250. The largest absolute Gasteiger partial charge is 0.413 e. The summed E-state index contributed by atoms with van der Waals surface area (Å²) in [5.74, 6) is 0.408. The Hall–Kier alpha value is 0.191. The standard InChI is InChI=1S/C40H76O5Si3/c1-35(2,3)46(14,15)43-28-23-25-40(13)27-22-24-39(12)26(20-21-29(39)44-47(16,17)36(4,5)6)30(27)33-34(42-38(10,11)41-33)31(40)32(28)45-48(18,19)37(7,8)9/h22,26,28-34H,20-21,23-25H2,1-19H3/t26?,28-,29+,30?,31?,32?,33-,34-,39+,40-/m1/s1. The highest BCUT2D eigenvalue weighted by Gasteiger charge is 2.69. The molecule has 1 heterocycles. The average Bonchev–Trinajstić information content (AvgIpc) is 3.38. The summed E-state index contributed by atoms with van der Waals surface area (Å²) in [4.78, 5) is 0. The molecule has 5 rings (SSSR count). The second kappa shape index (κ2) is 11.8. The molecule has 48 heavy (non-hydrogen) atoms. The maximum atomic E-state index is 7.67. The van der Waals surface area contributed by atoms with Gasteiger partial charge in [0.2, 0.25) is 0 Å². The first-order chi connectivity index (χ1) is 21.4. The van der Waals surface area contributed by atoms with Crippen molar-refractivity contribution in [2.24, 2.45) is 28.6 Å². The lowest BCUT2D eigenvalue weighted by Gasteiger charge is -2.63. The van der Waals surface area contributed by atoms with E-state index in [2.05, 4.69) is 135 Å². The van der Waals surface area contributed by atoms with E-state index in [9.17, 15) is 0 Å². The molecule has 8 heteroatoms. The zero-order valence-corrected chi connectivity index (χ0v) is 37.8. The van der Waals surface area contributed by atoms with Gasteiger partial charge in [0.15, 0.2) is 30.7 Å². The third-order valence-corrected chi connectivity index (χ3v) is 29.0. The Morgan fingerprint density at radius 1 is 0.667 bits per heavy atom. The Labute approximate surface area is 299 Å². The maximum Gasteiger partial charge on any atom is 0.192 e. The van der Waals surface area contributed by atoms with Crippen LogP contribution < -0.4 is 0 Å². The third-order valence-electron chi connectivity index (χ3n) is 15.5. The van der Waals surface area contributed by atoms with Crippen molar-refractivity contribution in [2.75, 3.05) is 0 Å². The van der Waals surface area contributed by atoms with E-state index < -0.39 is 30.7 Å². The van der Waals surface area contributed by atoms with Crippen LogP contribution in [-0.2, 0) is 22.8 Å². The Morgan fingerprint density at radius 2 is 1.17 bits per heavy atom. The fraction of sp³-hybridized carbons (Fsp3) is 0.950. The predicted molar refractivity (Wildman–Crippen MR) is 208 cm³/mol. The highest BCUT2D eigenvalue weighted by molar-refractivity contribution is 6.75. The summed E-state index contributed by atoms with van der Waals surface area (Å²) in [5.41, 5.74) is 1.71. The number of ether oxygens (including phenoxy) is 2. The topological polar surface area (TPSA) is 46.2 Å². The minimum Gasteiger partial charge on any atom is -0.413 e. The van der Waals surface area contributed by atoms with Crippen molar-refractivity contribution >= 4 is 25.0 Å². The fourth-order valence-electron chi connectivity index (χ4n) is 9.50. The first-order valence-electron chi connectivity index (χ1n) is 19.5. The average molecular weight is 721 g/mol. The van der Waals surface area contributed by atoms with Gasteiger partial charge in [0.25, 0.3) is 0 Å². The molecular formula is C40H76O5Si3. The van der Waals surface area contributed by atoms with Crippen LogP contribution in [0.3, 0.4) is 0 Å². The lowest BCUT2D eigenvalue weighted by Crippen LogP contribution is -2.67.